The van der Waals surface area contributed by atoms with Crippen LogP contribution < -0.4 is 0 Å². The zero-order chi connectivity index (χ0) is 26.0. The van der Waals surface area contributed by atoms with Gasteiger partial charge in [-0.3, -0.25) is 4.79 Å². The molecule has 1 unspecified atom stereocenters. The summed E-state index contributed by atoms with van der Waals surface area (Å²) >= 11 is 0. The third-order valence-electron chi connectivity index (χ3n) is 11.1. The lowest BCUT2D eigenvalue weighted by atomic mass is 9.45. The molecule has 0 heterocycles. The predicted octanol–water partition coefficient (Wildman–Crippen LogP) is 4.05. The highest BCUT2D eigenvalue weighted by atomic mass is 16.5. The molecule has 0 amide bonds. The Bertz CT molecular complexity index is 850. The van der Waals surface area contributed by atoms with E-state index in [0.717, 1.165) is 44.1 Å². The van der Waals surface area contributed by atoms with E-state index in [1.54, 1.807) is 14.2 Å². The van der Waals surface area contributed by atoms with Crippen LogP contribution in [0, 0.1) is 34.5 Å². The number of fused-ring (bicyclic) bond motifs is 5. The van der Waals surface area contributed by atoms with Crippen LogP contribution in [0.1, 0.15) is 86.0 Å². The van der Waals surface area contributed by atoms with Gasteiger partial charge in [-0.2, -0.15) is 0 Å². The zero-order valence-corrected chi connectivity index (χ0v) is 22.8. The van der Waals surface area contributed by atoms with Gasteiger partial charge in [0.15, 0.2) is 5.78 Å². The lowest BCUT2D eigenvalue weighted by Gasteiger charge is -2.61. The quantitative estimate of drug-likeness (QED) is 0.496. The highest BCUT2D eigenvalue weighted by Crippen LogP contribution is 2.69. The van der Waals surface area contributed by atoms with Crippen LogP contribution in [-0.4, -0.2) is 64.8 Å². The lowest BCUT2D eigenvalue weighted by Crippen LogP contribution is -2.63. The van der Waals surface area contributed by atoms with Crippen LogP contribution in [0.4, 0.5) is 0 Å². The fraction of sp³-hybridized carbons (Fsp3) is 0.897. The second kappa shape index (κ2) is 9.20. The Balaban J connectivity index is 1.73. The Labute approximate surface area is 211 Å². The van der Waals surface area contributed by atoms with Gasteiger partial charge in [0.05, 0.1) is 29.5 Å². The molecule has 35 heavy (non-hydrogen) atoms. The summed E-state index contributed by atoms with van der Waals surface area (Å²) in [7, 11) is 3.45. The summed E-state index contributed by atoms with van der Waals surface area (Å²) in [6.07, 6.45) is 5.74. The van der Waals surface area contributed by atoms with Crippen molar-refractivity contribution in [2.45, 2.75) is 115 Å². The first-order chi connectivity index (χ1) is 16.3. The second-order valence-corrected chi connectivity index (χ2v) is 13.2. The average molecular weight is 493 g/mol. The van der Waals surface area contributed by atoms with E-state index < -0.39 is 28.8 Å². The van der Waals surface area contributed by atoms with Crippen molar-refractivity contribution in [3.63, 3.8) is 0 Å². The van der Waals surface area contributed by atoms with Crippen LogP contribution in [0.3, 0.4) is 0 Å². The Hall–Kier alpha value is -0.790. The minimum atomic E-state index is -1.03. The van der Waals surface area contributed by atoms with Gasteiger partial charge in [-0.05, 0) is 93.1 Å². The van der Waals surface area contributed by atoms with Crippen LogP contribution in [0.15, 0.2) is 11.6 Å². The number of rotatable bonds is 7. The fourth-order valence-corrected chi connectivity index (χ4v) is 9.09. The van der Waals surface area contributed by atoms with Gasteiger partial charge in [-0.15, -0.1) is 0 Å². The van der Waals surface area contributed by atoms with Crippen LogP contribution >= 0.6 is 0 Å². The number of aliphatic hydroxyl groups excluding tert-OH is 2. The van der Waals surface area contributed by atoms with Crippen LogP contribution in [0.5, 0.6) is 0 Å². The second-order valence-electron chi connectivity index (χ2n) is 13.2. The number of carbonyl (C=O) groups excluding carboxylic acids is 1. The number of aliphatic hydroxyl groups is 3. The lowest BCUT2D eigenvalue weighted by molar-refractivity contribution is -0.187. The van der Waals surface area contributed by atoms with E-state index in [-0.39, 0.29) is 35.1 Å². The van der Waals surface area contributed by atoms with Gasteiger partial charge in [0.2, 0.25) is 0 Å². The number of ether oxygens (including phenoxy) is 2. The average Bonchev–Trinajstić information content (AvgIpc) is 3.10. The molecule has 3 fully saturated rings. The van der Waals surface area contributed by atoms with Gasteiger partial charge in [-0.1, -0.05) is 27.7 Å². The largest absolute Gasteiger partial charge is 0.390 e. The normalized spacial score (nSPS) is 45.9. The topological polar surface area (TPSA) is 96.2 Å². The summed E-state index contributed by atoms with van der Waals surface area (Å²) in [5.74, 6) is 0.388. The van der Waals surface area contributed by atoms with Gasteiger partial charge >= 0.3 is 0 Å². The smallest absolute Gasteiger partial charge is 0.159 e. The van der Waals surface area contributed by atoms with E-state index in [4.69, 9.17) is 9.47 Å². The van der Waals surface area contributed by atoms with Gasteiger partial charge in [0, 0.05) is 25.6 Å². The molecule has 0 saturated heterocycles. The zero-order valence-electron chi connectivity index (χ0n) is 22.8. The van der Waals surface area contributed by atoms with Crippen molar-refractivity contribution in [3.05, 3.63) is 11.6 Å². The summed E-state index contributed by atoms with van der Waals surface area (Å²) in [5, 5.41) is 32.9. The van der Waals surface area contributed by atoms with Crippen LogP contribution in [0.2, 0.25) is 0 Å². The highest BCUT2D eigenvalue weighted by Gasteiger charge is 2.70. The molecule has 4 aliphatic rings. The number of hydrogen-bond donors (Lipinski definition) is 3. The molecule has 6 heteroatoms. The molecule has 0 spiro atoms. The van der Waals surface area contributed by atoms with Crippen molar-refractivity contribution in [2.24, 2.45) is 34.5 Å². The first kappa shape index (κ1) is 27.3. The Morgan fingerprint density at radius 3 is 2.37 bits per heavy atom. The molecule has 6 nitrogen and oxygen atoms in total. The van der Waals surface area contributed by atoms with Gasteiger partial charge in [-0.25, -0.2) is 0 Å². The van der Waals surface area contributed by atoms with Gasteiger partial charge in [0.1, 0.15) is 0 Å². The van der Waals surface area contributed by atoms with E-state index >= 15 is 0 Å². The first-order valence-electron chi connectivity index (χ1n) is 13.7. The predicted molar refractivity (Wildman–Crippen MR) is 135 cm³/mol. The third kappa shape index (κ3) is 3.89. The molecule has 0 bridgehead atoms. The molecule has 0 aliphatic heterocycles. The maximum absolute atomic E-state index is 13.5. The Kier molecular flexibility index (Phi) is 7.16. The van der Waals surface area contributed by atoms with Crippen molar-refractivity contribution >= 4 is 5.78 Å². The van der Waals surface area contributed by atoms with Crippen molar-refractivity contribution in [3.8, 4) is 0 Å². The van der Waals surface area contributed by atoms with Crippen LogP contribution in [0.25, 0.3) is 0 Å². The minimum absolute atomic E-state index is 0.0340. The van der Waals surface area contributed by atoms with Crippen LogP contribution in [-0.2, 0) is 14.3 Å². The van der Waals surface area contributed by atoms with Crippen molar-refractivity contribution in [1.29, 1.82) is 0 Å². The molecular formula is C29H48O6. The van der Waals surface area contributed by atoms with Gasteiger partial charge in [0.25, 0.3) is 0 Å². The molecule has 4 aliphatic carbocycles. The number of hydrogen-bond acceptors (Lipinski definition) is 6. The number of carbonyl (C=O) groups is 1. The number of ketones is 1. The Morgan fingerprint density at radius 2 is 1.77 bits per heavy atom. The summed E-state index contributed by atoms with van der Waals surface area (Å²) in [6.45, 7) is 10.7. The highest BCUT2D eigenvalue weighted by molar-refractivity contribution is 5.95. The van der Waals surface area contributed by atoms with E-state index in [9.17, 15) is 20.1 Å². The summed E-state index contributed by atoms with van der Waals surface area (Å²) in [6, 6.07) is 0. The summed E-state index contributed by atoms with van der Waals surface area (Å²) in [5.41, 5.74) is -1.36. The molecule has 0 aromatic carbocycles. The molecule has 3 saturated carbocycles. The van der Waals surface area contributed by atoms with E-state index in [2.05, 4.69) is 27.7 Å². The number of methoxy groups -OCH3 is 2. The standard InChI is InChI=1S/C29H48O6/c1-17(2)8-9-25(34-6)28(5,33)24-11-13-29(35-7)19-14-21(30)20-15-22(31)23(32)16-26(20,3)18(19)10-12-27(24,29)4/h14,17-18,20,22-25,31-33H,8-13,15-16H2,1-7H3/t18?,20-,22+,23-,24-,25+,26+,27+,28+,29+/m0/s1. The monoisotopic (exact) mass is 492 g/mol. The van der Waals surface area contributed by atoms with Crippen molar-refractivity contribution in [1.82, 2.24) is 0 Å². The van der Waals surface area contributed by atoms with E-state index in [0.29, 0.717) is 18.8 Å². The number of allylic oxidation sites excluding steroid dienone is 1. The molecule has 3 N–H and O–H groups in total. The molecular weight excluding hydrogens is 444 g/mol. The molecule has 0 radical (unpaired) electrons. The summed E-state index contributed by atoms with van der Waals surface area (Å²) in [4.78, 5) is 13.5. The maximum atomic E-state index is 13.5. The third-order valence-corrected chi connectivity index (χ3v) is 11.1. The summed E-state index contributed by atoms with van der Waals surface area (Å²) < 4.78 is 12.3. The molecule has 10 atom stereocenters. The van der Waals surface area contributed by atoms with E-state index in [1.165, 1.54) is 0 Å². The van der Waals surface area contributed by atoms with E-state index in [1.807, 2.05) is 13.0 Å². The first-order valence-corrected chi connectivity index (χ1v) is 13.7. The SMILES string of the molecule is CO[C@H](CCC(C)C)[C@](C)(O)[C@H]1CC[C@@]2(OC)C3=CC(=O)[C@@H]4C[C@@H](O)[C@@H](O)C[C@]4(C)C3CC[C@]12C. The molecule has 4 rings (SSSR count). The van der Waals surface area contributed by atoms with Crippen molar-refractivity contribution < 1.29 is 29.6 Å². The van der Waals surface area contributed by atoms with Crippen molar-refractivity contribution in [2.75, 3.05) is 14.2 Å². The molecule has 200 valence electrons. The molecule has 0 aromatic heterocycles. The fourth-order valence-electron chi connectivity index (χ4n) is 9.09. The minimum Gasteiger partial charge on any atom is -0.390 e. The van der Waals surface area contributed by atoms with Gasteiger partial charge < -0.3 is 24.8 Å². The maximum Gasteiger partial charge on any atom is 0.159 e. The molecule has 0 aromatic rings. The Morgan fingerprint density at radius 1 is 1.09 bits per heavy atom.